The van der Waals surface area contributed by atoms with Gasteiger partial charge in [0, 0.05) is 11.1 Å². The van der Waals surface area contributed by atoms with E-state index >= 15 is 0 Å². The Labute approximate surface area is 183 Å². The summed E-state index contributed by atoms with van der Waals surface area (Å²) >= 11 is 0.690. The van der Waals surface area contributed by atoms with Crippen molar-refractivity contribution in [2.24, 2.45) is 0 Å². The van der Waals surface area contributed by atoms with Crippen LogP contribution in [0, 0.1) is 0 Å². The highest BCUT2D eigenvalue weighted by molar-refractivity contribution is 7.22. The fourth-order valence-corrected chi connectivity index (χ4v) is 3.91. The van der Waals surface area contributed by atoms with E-state index in [-0.39, 0.29) is 32.3 Å². The summed E-state index contributed by atoms with van der Waals surface area (Å²) in [5.74, 6) is -1.14. The van der Waals surface area contributed by atoms with Crippen LogP contribution < -0.4 is 5.32 Å². The van der Waals surface area contributed by atoms with Gasteiger partial charge in [-0.2, -0.15) is 18.2 Å². The molecule has 0 unspecified atom stereocenters. The van der Waals surface area contributed by atoms with Gasteiger partial charge < -0.3 is 4.74 Å². The van der Waals surface area contributed by atoms with Crippen LogP contribution in [0.15, 0.2) is 60.7 Å². The lowest BCUT2D eigenvalue weighted by Crippen LogP contribution is -2.12. The van der Waals surface area contributed by atoms with Crippen molar-refractivity contribution in [3.8, 4) is 11.3 Å². The van der Waals surface area contributed by atoms with Crippen molar-refractivity contribution in [3.05, 3.63) is 77.4 Å². The first-order chi connectivity index (χ1) is 15.3. The van der Waals surface area contributed by atoms with Crippen LogP contribution in [0.25, 0.3) is 21.6 Å². The van der Waals surface area contributed by atoms with Gasteiger partial charge >= 0.3 is 12.1 Å². The number of amides is 1. The smallest absolute Gasteiger partial charge is 0.417 e. The second-order valence-electron chi connectivity index (χ2n) is 6.61. The fraction of sp³-hybridized carbons (Fsp3) is 0.0909. The van der Waals surface area contributed by atoms with Crippen molar-refractivity contribution >= 4 is 38.7 Å². The van der Waals surface area contributed by atoms with E-state index in [1.54, 1.807) is 30.3 Å². The molecule has 1 N–H and O–H groups in total. The molecule has 4 aromatic rings. The number of anilines is 1. The summed E-state index contributed by atoms with van der Waals surface area (Å²) in [5, 5.41) is 2.47. The number of aromatic nitrogens is 2. The Hall–Kier alpha value is -3.79. The van der Waals surface area contributed by atoms with E-state index in [1.807, 2.05) is 0 Å². The second kappa shape index (κ2) is 8.39. The van der Waals surface area contributed by atoms with E-state index in [9.17, 15) is 22.8 Å². The lowest BCUT2D eigenvalue weighted by Gasteiger charge is -2.09. The maximum Gasteiger partial charge on any atom is 0.417 e. The van der Waals surface area contributed by atoms with Crippen molar-refractivity contribution < 1.29 is 27.5 Å². The molecule has 1 amide bonds. The molecular formula is C22H14F3N3O3S. The Balaban J connectivity index is 1.68. The molecule has 0 aliphatic carbocycles. The summed E-state index contributed by atoms with van der Waals surface area (Å²) < 4.78 is 45.6. The molecule has 2 aromatic heterocycles. The number of benzene rings is 2. The number of methoxy groups -OCH3 is 1. The number of fused-ring (bicyclic) bond motifs is 1. The Morgan fingerprint density at radius 2 is 1.62 bits per heavy atom. The van der Waals surface area contributed by atoms with Crippen LogP contribution in [0.4, 0.5) is 18.3 Å². The summed E-state index contributed by atoms with van der Waals surface area (Å²) in [6.07, 6.45) is -4.62. The second-order valence-corrected chi connectivity index (χ2v) is 7.61. The molecule has 0 fully saturated rings. The first-order valence-corrected chi connectivity index (χ1v) is 10.0. The molecule has 162 valence electrons. The Morgan fingerprint density at radius 1 is 0.969 bits per heavy atom. The molecule has 0 saturated heterocycles. The average Bonchev–Trinajstić information content (AvgIpc) is 3.20. The molecule has 10 heteroatoms. The van der Waals surface area contributed by atoms with Gasteiger partial charge in [-0.3, -0.25) is 10.1 Å². The normalized spacial score (nSPS) is 11.4. The number of hydrogen-bond acceptors (Lipinski definition) is 6. The molecule has 0 aliphatic heterocycles. The minimum atomic E-state index is -4.62. The van der Waals surface area contributed by atoms with Crippen molar-refractivity contribution in [2.45, 2.75) is 6.18 Å². The molecule has 0 saturated carbocycles. The molecular weight excluding hydrogens is 443 g/mol. The summed E-state index contributed by atoms with van der Waals surface area (Å²) in [6.45, 7) is 0. The van der Waals surface area contributed by atoms with E-state index in [1.165, 1.54) is 31.4 Å². The third kappa shape index (κ3) is 4.30. The number of nitrogens with one attached hydrogen (secondary N) is 1. The van der Waals surface area contributed by atoms with Crippen LogP contribution in [0.3, 0.4) is 0 Å². The molecule has 32 heavy (non-hydrogen) atoms. The molecule has 0 radical (unpaired) electrons. The average molecular weight is 457 g/mol. The number of pyridine rings is 1. The van der Waals surface area contributed by atoms with Crippen molar-refractivity contribution in [3.63, 3.8) is 0 Å². The predicted molar refractivity (Wildman–Crippen MR) is 114 cm³/mol. The van der Waals surface area contributed by atoms with Crippen LogP contribution in [-0.4, -0.2) is 29.0 Å². The molecule has 2 aromatic carbocycles. The zero-order valence-corrected chi connectivity index (χ0v) is 17.3. The van der Waals surface area contributed by atoms with Crippen LogP contribution >= 0.6 is 11.3 Å². The summed E-state index contributed by atoms with van der Waals surface area (Å²) in [7, 11) is 1.24. The topological polar surface area (TPSA) is 81.2 Å². The van der Waals surface area contributed by atoms with Gasteiger partial charge in [0.25, 0.3) is 5.91 Å². The van der Waals surface area contributed by atoms with Crippen LogP contribution in [-0.2, 0) is 10.9 Å². The first kappa shape index (κ1) is 21.4. The number of nitrogens with zero attached hydrogens (tertiary/aromatic N) is 2. The molecule has 0 aliphatic rings. The van der Waals surface area contributed by atoms with Crippen LogP contribution in [0.5, 0.6) is 0 Å². The number of thiazole rings is 1. The molecule has 2 heterocycles. The summed E-state index contributed by atoms with van der Waals surface area (Å²) in [6, 6.07) is 15.1. The number of hydrogen-bond donors (Lipinski definition) is 1. The lowest BCUT2D eigenvalue weighted by atomic mass is 10.1. The van der Waals surface area contributed by atoms with Gasteiger partial charge in [0.05, 0.1) is 28.6 Å². The van der Waals surface area contributed by atoms with Crippen LogP contribution in [0.2, 0.25) is 0 Å². The zero-order chi connectivity index (χ0) is 22.9. The van der Waals surface area contributed by atoms with Gasteiger partial charge in [-0.15, -0.1) is 0 Å². The number of esters is 1. The maximum absolute atomic E-state index is 13.7. The molecule has 0 spiro atoms. The highest BCUT2D eigenvalue weighted by Crippen LogP contribution is 2.40. The highest BCUT2D eigenvalue weighted by atomic mass is 32.1. The SMILES string of the molecule is COC(=O)c1ccc(C(=O)Nc2nc3nc(-c4ccccc4)cc(C(F)(F)F)c3s2)cc1. The van der Waals surface area contributed by atoms with E-state index < -0.39 is 23.6 Å². The number of ether oxygens (including phenoxy) is 1. The molecule has 4 rings (SSSR count). The van der Waals surface area contributed by atoms with Gasteiger partial charge in [0.15, 0.2) is 10.8 Å². The maximum atomic E-state index is 13.7. The number of alkyl halides is 3. The molecule has 0 bridgehead atoms. The minimum absolute atomic E-state index is 0.0229. The number of halogens is 3. The van der Waals surface area contributed by atoms with Crippen LogP contribution in [0.1, 0.15) is 26.3 Å². The first-order valence-electron chi connectivity index (χ1n) is 9.20. The predicted octanol–water partition coefficient (Wildman–Crippen LogP) is 5.42. The van der Waals surface area contributed by atoms with E-state index in [0.717, 1.165) is 6.07 Å². The number of carbonyl (C=O) groups is 2. The third-order valence-electron chi connectivity index (χ3n) is 4.52. The highest BCUT2D eigenvalue weighted by Gasteiger charge is 2.35. The summed E-state index contributed by atoms with van der Waals surface area (Å²) in [5.41, 5.74) is 0.125. The van der Waals surface area contributed by atoms with E-state index in [0.29, 0.717) is 16.9 Å². The molecule has 6 nitrogen and oxygen atoms in total. The van der Waals surface area contributed by atoms with Gasteiger partial charge in [0.1, 0.15) is 0 Å². The van der Waals surface area contributed by atoms with Gasteiger partial charge in [-0.25, -0.2) is 9.78 Å². The van der Waals surface area contributed by atoms with Crippen molar-refractivity contribution in [1.82, 2.24) is 9.97 Å². The van der Waals surface area contributed by atoms with Gasteiger partial charge in [0.2, 0.25) is 0 Å². The molecule has 0 atom stereocenters. The van der Waals surface area contributed by atoms with Gasteiger partial charge in [-0.1, -0.05) is 41.7 Å². The van der Waals surface area contributed by atoms with E-state index in [4.69, 9.17) is 0 Å². The quantitative estimate of drug-likeness (QED) is 0.414. The van der Waals surface area contributed by atoms with Crippen molar-refractivity contribution in [1.29, 1.82) is 0 Å². The largest absolute Gasteiger partial charge is 0.465 e. The van der Waals surface area contributed by atoms with Gasteiger partial charge in [-0.05, 0) is 30.3 Å². The fourth-order valence-electron chi connectivity index (χ4n) is 2.98. The lowest BCUT2D eigenvalue weighted by molar-refractivity contribution is -0.136. The number of rotatable bonds is 4. The van der Waals surface area contributed by atoms with E-state index in [2.05, 4.69) is 20.0 Å². The number of carbonyl (C=O) groups excluding carboxylic acids is 2. The Morgan fingerprint density at radius 3 is 2.25 bits per heavy atom. The standard InChI is InChI=1S/C22H14F3N3O3S/c1-31-20(30)14-9-7-13(8-10-14)19(29)28-21-27-18-17(32-21)15(22(23,24)25)11-16(26-18)12-5-3-2-4-6-12/h2-11H,1H3,(H,26,27,28,29). The minimum Gasteiger partial charge on any atom is -0.465 e. The van der Waals surface area contributed by atoms with Crippen molar-refractivity contribution in [2.75, 3.05) is 12.4 Å². The summed E-state index contributed by atoms with van der Waals surface area (Å²) in [4.78, 5) is 32.4. The monoisotopic (exact) mass is 457 g/mol. The third-order valence-corrected chi connectivity index (χ3v) is 5.52. The Kier molecular flexibility index (Phi) is 5.62. The zero-order valence-electron chi connectivity index (χ0n) is 16.4. The Bertz CT molecular complexity index is 1300.